The van der Waals surface area contributed by atoms with Gasteiger partial charge in [-0.25, -0.2) is 0 Å². The maximum atomic E-state index is 5.63. The molecule has 2 aromatic carbocycles. The molecule has 0 fully saturated rings. The van der Waals surface area contributed by atoms with Gasteiger partial charge in [0.25, 0.3) is 0 Å². The van der Waals surface area contributed by atoms with Gasteiger partial charge in [0.1, 0.15) is 17.2 Å². The number of methoxy groups -OCH3 is 2. The Morgan fingerprint density at radius 2 is 1.72 bits per heavy atom. The molecule has 130 valence electrons. The minimum Gasteiger partial charge on any atom is -0.497 e. The molecule has 0 amide bonds. The van der Waals surface area contributed by atoms with Crippen LogP contribution >= 0.6 is 0 Å². The van der Waals surface area contributed by atoms with Crippen LogP contribution in [0.3, 0.4) is 0 Å². The van der Waals surface area contributed by atoms with Crippen LogP contribution in [0.5, 0.6) is 17.2 Å². The number of aryl methyl sites for hydroxylation is 1. The smallest absolute Gasteiger partial charge is 0.145 e. The minimum absolute atomic E-state index is 0.625. The van der Waals surface area contributed by atoms with Crippen LogP contribution in [0.2, 0.25) is 0 Å². The number of hydrogen-bond donors (Lipinski definition) is 1. The minimum atomic E-state index is 0.625. The van der Waals surface area contributed by atoms with Crippen molar-refractivity contribution in [2.75, 3.05) is 26.1 Å². The van der Waals surface area contributed by atoms with E-state index in [9.17, 15) is 0 Å². The Morgan fingerprint density at radius 3 is 2.44 bits per heavy atom. The van der Waals surface area contributed by atoms with Crippen molar-refractivity contribution in [2.45, 2.75) is 13.8 Å². The van der Waals surface area contributed by atoms with Gasteiger partial charge in [-0.05, 0) is 50.2 Å². The topological polar surface area (TPSA) is 52.6 Å². The highest BCUT2D eigenvalue weighted by Gasteiger charge is 2.10. The summed E-state index contributed by atoms with van der Waals surface area (Å²) in [6.07, 6.45) is 0. The first-order chi connectivity index (χ1) is 12.1. The zero-order chi connectivity index (χ0) is 17.8. The highest BCUT2D eigenvalue weighted by molar-refractivity contribution is 5.94. The second-order valence-corrected chi connectivity index (χ2v) is 5.61. The van der Waals surface area contributed by atoms with Crippen LogP contribution in [0.25, 0.3) is 10.9 Å². The van der Waals surface area contributed by atoms with E-state index in [0.29, 0.717) is 12.4 Å². The second-order valence-electron chi connectivity index (χ2n) is 5.61. The molecule has 0 saturated carbocycles. The van der Waals surface area contributed by atoms with Gasteiger partial charge in [0.2, 0.25) is 0 Å². The summed E-state index contributed by atoms with van der Waals surface area (Å²) in [6.45, 7) is 4.57. The van der Waals surface area contributed by atoms with Gasteiger partial charge in [-0.15, -0.1) is 0 Å². The monoisotopic (exact) mass is 338 g/mol. The third-order valence-corrected chi connectivity index (χ3v) is 3.90. The lowest BCUT2D eigenvalue weighted by atomic mass is 10.1. The third-order valence-electron chi connectivity index (χ3n) is 3.90. The summed E-state index contributed by atoms with van der Waals surface area (Å²) in [5.41, 5.74) is 3.66. The van der Waals surface area contributed by atoms with Gasteiger partial charge in [-0.3, -0.25) is 4.98 Å². The van der Waals surface area contributed by atoms with E-state index < -0.39 is 0 Å². The predicted octanol–water partition coefficient (Wildman–Crippen LogP) is 4.70. The summed E-state index contributed by atoms with van der Waals surface area (Å²) in [4.78, 5) is 4.60. The molecular weight excluding hydrogens is 316 g/mol. The normalized spacial score (nSPS) is 10.6. The summed E-state index contributed by atoms with van der Waals surface area (Å²) in [6, 6.07) is 13.6. The number of pyridine rings is 1. The molecule has 0 bridgehead atoms. The van der Waals surface area contributed by atoms with Gasteiger partial charge in [-0.1, -0.05) is 0 Å². The Bertz CT molecular complexity index is 893. The summed E-state index contributed by atoms with van der Waals surface area (Å²) in [5.74, 6) is 2.28. The van der Waals surface area contributed by atoms with Crippen LogP contribution in [0, 0.1) is 6.92 Å². The van der Waals surface area contributed by atoms with Gasteiger partial charge in [0.05, 0.1) is 32.0 Å². The Morgan fingerprint density at radius 1 is 0.920 bits per heavy atom. The molecule has 3 aromatic rings. The summed E-state index contributed by atoms with van der Waals surface area (Å²) >= 11 is 0. The maximum absolute atomic E-state index is 5.63. The van der Waals surface area contributed by atoms with Crippen LogP contribution in [0.4, 0.5) is 11.4 Å². The molecule has 0 atom stereocenters. The average molecular weight is 338 g/mol. The molecule has 0 spiro atoms. The number of nitrogens with zero attached hydrogens (tertiary/aromatic N) is 1. The number of anilines is 2. The van der Waals surface area contributed by atoms with Crippen molar-refractivity contribution in [2.24, 2.45) is 0 Å². The molecule has 0 aliphatic heterocycles. The highest BCUT2D eigenvalue weighted by atomic mass is 16.5. The molecule has 1 N–H and O–H groups in total. The molecule has 3 rings (SSSR count). The van der Waals surface area contributed by atoms with E-state index >= 15 is 0 Å². The molecule has 0 aliphatic carbocycles. The molecule has 0 unspecified atom stereocenters. The molecular formula is C20H22N2O3. The van der Waals surface area contributed by atoms with Crippen LogP contribution < -0.4 is 19.5 Å². The van der Waals surface area contributed by atoms with Crippen LogP contribution in [-0.4, -0.2) is 25.8 Å². The van der Waals surface area contributed by atoms with Crippen LogP contribution in [-0.2, 0) is 0 Å². The fraction of sp³-hybridized carbons (Fsp3) is 0.250. The quantitative estimate of drug-likeness (QED) is 0.706. The third kappa shape index (κ3) is 3.60. The van der Waals surface area contributed by atoms with Crippen molar-refractivity contribution < 1.29 is 14.2 Å². The first-order valence-corrected chi connectivity index (χ1v) is 8.18. The van der Waals surface area contributed by atoms with Crippen molar-refractivity contribution in [1.82, 2.24) is 4.98 Å². The first kappa shape index (κ1) is 16.9. The molecule has 5 nitrogen and oxygen atoms in total. The van der Waals surface area contributed by atoms with Crippen molar-refractivity contribution in [3.05, 3.63) is 48.2 Å². The van der Waals surface area contributed by atoms with Gasteiger partial charge in [0.15, 0.2) is 0 Å². The Hall–Kier alpha value is -2.95. The molecule has 5 heteroatoms. The van der Waals surface area contributed by atoms with Crippen LogP contribution in [0.1, 0.15) is 12.6 Å². The van der Waals surface area contributed by atoms with Gasteiger partial charge >= 0.3 is 0 Å². The molecule has 0 aliphatic rings. The predicted molar refractivity (Wildman–Crippen MR) is 100 cm³/mol. The number of aromatic nitrogens is 1. The number of benzene rings is 2. The highest BCUT2D eigenvalue weighted by Crippen LogP contribution is 2.35. The lowest BCUT2D eigenvalue weighted by Gasteiger charge is -2.15. The Balaban J connectivity index is 2.07. The average Bonchev–Trinajstić information content (AvgIpc) is 2.62. The summed E-state index contributed by atoms with van der Waals surface area (Å²) in [5, 5.41) is 4.45. The number of ether oxygens (including phenoxy) is 3. The lowest BCUT2D eigenvalue weighted by molar-refractivity contribution is 0.340. The molecule has 0 radical (unpaired) electrons. The van der Waals surface area contributed by atoms with Crippen LogP contribution in [0.15, 0.2) is 42.5 Å². The molecule has 25 heavy (non-hydrogen) atoms. The largest absolute Gasteiger partial charge is 0.497 e. The fourth-order valence-corrected chi connectivity index (χ4v) is 2.74. The zero-order valence-electron chi connectivity index (χ0n) is 14.9. The number of nitrogens with one attached hydrogen (secondary N) is 1. The van der Waals surface area contributed by atoms with E-state index in [1.54, 1.807) is 14.2 Å². The summed E-state index contributed by atoms with van der Waals surface area (Å²) in [7, 11) is 3.28. The fourth-order valence-electron chi connectivity index (χ4n) is 2.74. The number of hydrogen-bond acceptors (Lipinski definition) is 5. The second kappa shape index (κ2) is 7.30. The zero-order valence-corrected chi connectivity index (χ0v) is 14.9. The van der Waals surface area contributed by atoms with E-state index in [0.717, 1.165) is 39.5 Å². The SMILES string of the molecule is CCOc1ccc2nc(C)cc(Nc3ccc(OC)cc3OC)c2c1. The Labute approximate surface area is 147 Å². The number of fused-ring (bicyclic) bond motifs is 1. The van der Waals surface area contributed by atoms with E-state index in [4.69, 9.17) is 14.2 Å². The van der Waals surface area contributed by atoms with Gasteiger partial charge < -0.3 is 19.5 Å². The van der Waals surface area contributed by atoms with Crippen molar-refractivity contribution in [3.8, 4) is 17.2 Å². The number of rotatable bonds is 6. The summed E-state index contributed by atoms with van der Waals surface area (Å²) < 4.78 is 16.4. The van der Waals surface area contributed by atoms with Gasteiger partial charge in [-0.2, -0.15) is 0 Å². The van der Waals surface area contributed by atoms with Crippen molar-refractivity contribution in [3.63, 3.8) is 0 Å². The lowest BCUT2D eigenvalue weighted by Crippen LogP contribution is -1.98. The van der Waals surface area contributed by atoms with E-state index in [-0.39, 0.29) is 0 Å². The first-order valence-electron chi connectivity index (χ1n) is 8.18. The molecule has 1 aromatic heterocycles. The van der Waals surface area contributed by atoms with Crippen molar-refractivity contribution >= 4 is 22.3 Å². The van der Waals surface area contributed by atoms with Gasteiger partial charge in [0, 0.05) is 22.8 Å². The van der Waals surface area contributed by atoms with E-state index in [2.05, 4.69) is 10.3 Å². The molecule has 0 saturated heterocycles. The Kier molecular flexibility index (Phi) is 4.93. The standard InChI is InChI=1S/C20H22N2O3/c1-5-25-15-7-8-17-16(11-15)19(10-13(2)21-17)22-18-9-6-14(23-3)12-20(18)24-4/h6-12H,5H2,1-4H3,(H,21,22). The van der Waals surface area contributed by atoms with E-state index in [1.165, 1.54) is 0 Å². The van der Waals surface area contributed by atoms with Crippen molar-refractivity contribution in [1.29, 1.82) is 0 Å². The molecule has 1 heterocycles. The maximum Gasteiger partial charge on any atom is 0.145 e. The van der Waals surface area contributed by atoms with E-state index in [1.807, 2.05) is 56.3 Å².